The zero-order valence-corrected chi connectivity index (χ0v) is 6.75. The number of rotatable bonds is 2. The first-order chi connectivity index (χ1) is 6.71. The largest absolute Gasteiger partial charge is 0.372 e. The lowest BCUT2D eigenvalue weighted by Crippen LogP contribution is -2.20. The maximum absolute atomic E-state index is 7.94. The lowest BCUT2D eigenvalue weighted by molar-refractivity contribution is 0.953. The molecule has 1 aromatic carbocycles. The Morgan fingerprint density at radius 1 is 1.42 bits per heavy atom. The van der Waals surface area contributed by atoms with Crippen LogP contribution in [0.1, 0.15) is 8.30 Å². The van der Waals surface area contributed by atoms with Crippen LogP contribution in [0.5, 0.6) is 0 Å². The summed E-state index contributed by atoms with van der Waals surface area (Å²) in [6, 6.07) is 9.11. The molecule has 2 nitrogen and oxygen atoms in total. The molecule has 0 bridgehead atoms. The van der Waals surface area contributed by atoms with E-state index < -0.39 is 6.37 Å². The highest BCUT2D eigenvalue weighted by molar-refractivity contribution is 5.85. The van der Waals surface area contributed by atoms with Crippen molar-refractivity contribution in [3.8, 4) is 0 Å². The molecule has 62 valence electrons. The number of nitrogens with zero attached hydrogens (tertiary/aromatic N) is 1. The maximum atomic E-state index is 7.94. The zero-order chi connectivity index (χ0) is 10.0. The predicted molar refractivity (Wildman–Crippen MR) is 50.5 cm³/mol. The number of benzene rings is 1. The van der Waals surface area contributed by atoms with E-state index in [-0.39, 0.29) is 0 Å². The Kier molecular flexibility index (Phi) is 1.51. The summed E-state index contributed by atoms with van der Waals surface area (Å²) in [6.07, 6.45) is -1.49. The monoisotopic (exact) mass is 162 g/mol. The minimum Gasteiger partial charge on any atom is -0.372 e. The van der Waals surface area contributed by atoms with Crippen molar-refractivity contribution >= 4 is 5.84 Å². The maximum Gasteiger partial charge on any atom is 0.101 e. The number of hydrogen-bond donors (Lipinski definition) is 1. The fourth-order valence-corrected chi connectivity index (χ4v) is 1.14. The molecule has 0 atom stereocenters. The minimum absolute atomic E-state index is 0.448. The number of aliphatic imine (C=N–C) groups is 1. The van der Waals surface area contributed by atoms with Gasteiger partial charge in [-0.2, -0.15) is 0 Å². The van der Waals surface area contributed by atoms with E-state index in [0.717, 1.165) is 6.54 Å². The Bertz CT molecular complexity index is 346. The molecule has 1 aliphatic heterocycles. The van der Waals surface area contributed by atoms with Gasteiger partial charge in [0.15, 0.2) is 0 Å². The molecule has 1 heterocycles. The van der Waals surface area contributed by atoms with E-state index in [1.165, 1.54) is 0 Å². The molecular weight excluding hydrogens is 148 g/mol. The van der Waals surface area contributed by atoms with E-state index in [2.05, 4.69) is 10.3 Å². The van der Waals surface area contributed by atoms with Crippen molar-refractivity contribution in [2.75, 3.05) is 13.1 Å². The Morgan fingerprint density at radius 2 is 2.25 bits per heavy atom. The Balaban J connectivity index is 2.32. The van der Waals surface area contributed by atoms with Gasteiger partial charge in [-0.15, -0.1) is 0 Å². The molecule has 0 aromatic heterocycles. The summed E-state index contributed by atoms with van der Waals surface area (Å²) >= 11 is 0. The molecule has 0 aliphatic carbocycles. The van der Waals surface area contributed by atoms with Gasteiger partial charge in [0.05, 0.1) is 6.54 Å². The van der Waals surface area contributed by atoms with Gasteiger partial charge in [0.1, 0.15) is 5.84 Å². The molecule has 12 heavy (non-hydrogen) atoms. The summed E-state index contributed by atoms with van der Waals surface area (Å²) in [5, 5.41) is 2.97. The van der Waals surface area contributed by atoms with E-state index in [1.54, 1.807) is 12.1 Å². The van der Waals surface area contributed by atoms with Crippen LogP contribution >= 0.6 is 0 Å². The number of hydrogen-bond acceptors (Lipinski definition) is 2. The Hall–Kier alpha value is -1.31. The average Bonchev–Trinajstić information content (AvgIpc) is 2.72. The summed E-state index contributed by atoms with van der Waals surface area (Å²) < 4.78 is 15.9. The normalized spacial score (nSPS) is 19.2. The first-order valence-corrected chi connectivity index (χ1v) is 4.05. The van der Waals surface area contributed by atoms with E-state index in [1.807, 2.05) is 18.2 Å². The summed E-state index contributed by atoms with van der Waals surface area (Å²) in [6.45, 7) is 1.41. The zero-order valence-electron chi connectivity index (χ0n) is 8.75. The third-order valence-electron chi connectivity index (χ3n) is 1.71. The van der Waals surface area contributed by atoms with Gasteiger partial charge in [-0.1, -0.05) is 30.3 Å². The molecule has 0 unspecified atom stereocenters. The van der Waals surface area contributed by atoms with Crippen molar-refractivity contribution in [3.63, 3.8) is 0 Å². The van der Waals surface area contributed by atoms with E-state index >= 15 is 0 Å². The van der Waals surface area contributed by atoms with Crippen molar-refractivity contribution in [2.24, 2.45) is 4.99 Å². The number of nitrogens with one attached hydrogen (secondary N) is 1. The standard InChI is InChI=1S/C10H12N2/c1-2-4-9(5-3-1)8-10-11-6-7-12-10/h1-5H,6-8H2,(H,11,12)/i8D2. The molecule has 1 aliphatic rings. The van der Waals surface area contributed by atoms with E-state index in [0.29, 0.717) is 17.9 Å². The molecule has 0 fully saturated rings. The molecule has 2 heteroatoms. The topological polar surface area (TPSA) is 24.4 Å². The molecule has 0 spiro atoms. The first kappa shape index (κ1) is 5.36. The molecule has 1 N–H and O–H groups in total. The van der Waals surface area contributed by atoms with Gasteiger partial charge in [-0.25, -0.2) is 0 Å². The van der Waals surface area contributed by atoms with Gasteiger partial charge in [0, 0.05) is 15.7 Å². The van der Waals surface area contributed by atoms with Gasteiger partial charge in [-0.05, 0) is 5.56 Å². The highest BCUT2D eigenvalue weighted by Crippen LogP contribution is 2.01. The van der Waals surface area contributed by atoms with Crippen molar-refractivity contribution in [1.29, 1.82) is 0 Å². The second-order valence-electron chi connectivity index (χ2n) is 2.65. The molecule has 0 radical (unpaired) electrons. The predicted octanol–water partition coefficient (Wildman–Crippen LogP) is 1.23. The highest BCUT2D eigenvalue weighted by atomic mass is 15.1. The van der Waals surface area contributed by atoms with Crippen molar-refractivity contribution in [3.05, 3.63) is 35.9 Å². The third kappa shape index (κ3) is 1.64. The van der Waals surface area contributed by atoms with Crippen molar-refractivity contribution < 1.29 is 2.74 Å². The van der Waals surface area contributed by atoms with Crippen LogP contribution in [0.2, 0.25) is 0 Å². The summed E-state index contributed by atoms with van der Waals surface area (Å²) in [7, 11) is 0. The van der Waals surface area contributed by atoms with Crippen LogP contribution in [-0.2, 0) is 6.37 Å². The highest BCUT2D eigenvalue weighted by Gasteiger charge is 2.04. The SMILES string of the molecule is [2H]C([2H])(C1=NCCN1)c1ccccc1. The van der Waals surface area contributed by atoms with Gasteiger partial charge in [0.2, 0.25) is 0 Å². The van der Waals surface area contributed by atoms with Crippen molar-refractivity contribution in [1.82, 2.24) is 5.32 Å². The lowest BCUT2D eigenvalue weighted by atomic mass is 10.1. The van der Waals surface area contributed by atoms with Gasteiger partial charge in [0.25, 0.3) is 0 Å². The van der Waals surface area contributed by atoms with Gasteiger partial charge < -0.3 is 5.32 Å². The smallest absolute Gasteiger partial charge is 0.101 e. The van der Waals surface area contributed by atoms with Crippen LogP contribution in [0, 0.1) is 0 Å². The van der Waals surface area contributed by atoms with Crippen LogP contribution in [-0.4, -0.2) is 18.9 Å². The van der Waals surface area contributed by atoms with E-state index in [4.69, 9.17) is 2.74 Å². The first-order valence-electron chi connectivity index (χ1n) is 5.05. The third-order valence-corrected chi connectivity index (χ3v) is 1.71. The van der Waals surface area contributed by atoms with Crippen LogP contribution in [0.4, 0.5) is 0 Å². The summed E-state index contributed by atoms with van der Waals surface area (Å²) in [5.74, 6) is 0.448. The minimum atomic E-state index is -1.49. The molecule has 0 saturated heterocycles. The van der Waals surface area contributed by atoms with Crippen LogP contribution in [0.3, 0.4) is 0 Å². The second-order valence-corrected chi connectivity index (χ2v) is 2.65. The van der Waals surface area contributed by atoms with Crippen LogP contribution in [0.25, 0.3) is 0 Å². The van der Waals surface area contributed by atoms with Gasteiger partial charge >= 0.3 is 0 Å². The van der Waals surface area contributed by atoms with Crippen LogP contribution < -0.4 is 5.32 Å². The average molecular weight is 162 g/mol. The summed E-state index contributed by atoms with van der Waals surface area (Å²) in [5.41, 5.74) is 0.646. The molecule has 0 amide bonds. The fourth-order valence-electron chi connectivity index (χ4n) is 1.14. The van der Waals surface area contributed by atoms with Crippen molar-refractivity contribution in [2.45, 2.75) is 6.37 Å². The molecule has 0 saturated carbocycles. The van der Waals surface area contributed by atoms with Crippen LogP contribution in [0.15, 0.2) is 35.3 Å². The Labute approximate surface area is 75.1 Å². The van der Waals surface area contributed by atoms with E-state index in [9.17, 15) is 0 Å². The lowest BCUT2D eigenvalue weighted by Gasteiger charge is -2.00. The Morgan fingerprint density at radius 3 is 2.92 bits per heavy atom. The number of amidine groups is 1. The fraction of sp³-hybridized carbons (Fsp3) is 0.300. The van der Waals surface area contributed by atoms with Gasteiger partial charge in [-0.3, -0.25) is 4.99 Å². The molecule has 2 rings (SSSR count). The second kappa shape index (κ2) is 3.39. The summed E-state index contributed by atoms with van der Waals surface area (Å²) in [4.78, 5) is 4.11. The molecule has 1 aromatic rings. The molecular formula is C10H12N2. The quantitative estimate of drug-likeness (QED) is 0.695.